The number of ether oxygens (including phenoxy) is 2. The lowest BCUT2D eigenvalue weighted by Crippen LogP contribution is -2.34. The van der Waals surface area contributed by atoms with Crippen molar-refractivity contribution in [1.29, 1.82) is 0 Å². The zero-order valence-electron chi connectivity index (χ0n) is 17.0. The highest BCUT2D eigenvalue weighted by atomic mass is 32.2. The highest BCUT2D eigenvalue weighted by molar-refractivity contribution is 7.92. The van der Waals surface area contributed by atoms with E-state index in [1.54, 1.807) is 24.3 Å². The smallest absolute Gasteiger partial charge is 0.264 e. The number of anilines is 1. The summed E-state index contributed by atoms with van der Waals surface area (Å²) >= 11 is 0. The molecule has 0 radical (unpaired) electrons. The molecule has 0 saturated carbocycles. The highest BCUT2D eigenvalue weighted by Gasteiger charge is 2.30. The molecule has 1 heterocycles. The molecule has 0 aliphatic carbocycles. The second-order valence-electron chi connectivity index (χ2n) is 7.60. The summed E-state index contributed by atoms with van der Waals surface area (Å²) in [6.45, 7) is 6.11. The Labute approximate surface area is 172 Å². The summed E-state index contributed by atoms with van der Waals surface area (Å²) in [6, 6.07) is 9.55. The van der Waals surface area contributed by atoms with Crippen LogP contribution in [0.2, 0.25) is 0 Å². The van der Waals surface area contributed by atoms with Gasteiger partial charge in [0.2, 0.25) is 6.79 Å². The fourth-order valence-corrected chi connectivity index (χ4v) is 4.84. The van der Waals surface area contributed by atoms with Gasteiger partial charge in [0.1, 0.15) is 5.75 Å². The van der Waals surface area contributed by atoms with Gasteiger partial charge in [0, 0.05) is 18.7 Å². The summed E-state index contributed by atoms with van der Waals surface area (Å²) in [7, 11) is -3.94. The Morgan fingerprint density at radius 1 is 1.17 bits per heavy atom. The second kappa shape index (κ2) is 8.51. The van der Waals surface area contributed by atoms with Crippen LogP contribution in [0.5, 0.6) is 17.2 Å². The monoisotopic (exact) mass is 420 g/mol. The molecule has 158 valence electrons. The van der Waals surface area contributed by atoms with Crippen LogP contribution < -0.4 is 19.5 Å². The Hall–Kier alpha value is -2.45. The van der Waals surface area contributed by atoms with Crippen molar-refractivity contribution in [2.24, 2.45) is 11.7 Å². The van der Waals surface area contributed by atoms with Crippen molar-refractivity contribution in [1.82, 2.24) is 0 Å². The Balaban J connectivity index is 2.05. The maximum absolute atomic E-state index is 13.5. The number of sulfonamides is 1. The molecule has 0 aromatic heterocycles. The van der Waals surface area contributed by atoms with Gasteiger partial charge in [0.15, 0.2) is 11.5 Å². The van der Waals surface area contributed by atoms with Gasteiger partial charge in [-0.2, -0.15) is 0 Å². The number of phenols is 1. The SMILES string of the molecule is CC[C@H](N)Cc1cccc(N(CC(C)C)S(=O)(=O)c2ccc3c(c2)OCO3)c1O. The molecule has 0 spiro atoms. The summed E-state index contributed by atoms with van der Waals surface area (Å²) in [4.78, 5) is 0.0810. The Morgan fingerprint density at radius 2 is 1.90 bits per heavy atom. The number of hydrogen-bond acceptors (Lipinski definition) is 6. The van der Waals surface area contributed by atoms with E-state index in [1.807, 2.05) is 20.8 Å². The third-order valence-electron chi connectivity index (χ3n) is 4.84. The van der Waals surface area contributed by atoms with Crippen LogP contribution in [0, 0.1) is 5.92 Å². The molecule has 0 amide bonds. The number of aromatic hydroxyl groups is 1. The van der Waals surface area contributed by atoms with E-state index in [2.05, 4.69) is 0 Å². The van der Waals surface area contributed by atoms with E-state index in [4.69, 9.17) is 15.2 Å². The lowest BCUT2D eigenvalue weighted by Gasteiger charge is -2.28. The van der Waals surface area contributed by atoms with Gasteiger partial charge in [-0.1, -0.05) is 32.9 Å². The van der Waals surface area contributed by atoms with Gasteiger partial charge in [0.05, 0.1) is 10.6 Å². The molecule has 1 atom stereocenters. The molecule has 29 heavy (non-hydrogen) atoms. The van der Waals surface area contributed by atoms with E-state index < -0.39 is 10.0 Å². The number of rotatable bonds is 8. The standard InChI is InChI=1S/C21H28N2O5S/c1-4-16(22)10-15-6-5-7-18(21(15)24)23(12-14(2)3)29(25,26)17-8-9-19-20(11-17)28-13-27-19/h5-9,11,14,16,24H,4,10,12-13,22H2,1-3H3/t16-/m0/s1. The summed E-state index contributed by atoms with van der Waals surface area (Å²) < 4.78 is 38.9. The van der Waals surface area contributed by atoms with Crippen LogP contribution in [0.3, 0.4) is 0 Å². The molecule has 3 rings (SSSR count). The van der Waals surface area contributed by atoms with Crippen LogP contribution in [0.25, 0.3) is 0 Å². The Bertz CT molecular complexity index is 975. The minimum absolute atomic E-state index is 0.0414. The molecule has 2 aromatic carbocycles. The molecule has 3 N–H and O–H groups in total. The Morgan fingerprint density at radius 3 is 2.59 bits per heavy atom. The third kappa shape index (κ3) is 4.43. The third-order valence-corrected chi connectivity index (χ3v) is 6.61. The van der Waals surface area contributed by atoms with E-state index in [0.29, 0.717) is 23.5 Å². The lowest BCUT2D eigenvalue weighted by molar-refractivity contribution is 0.174. The van der Waals surface area contributed by atoms with E-state index >= 15 is 0 Å². The highest BCUT2D eigenvalue weighted by Crippen LogP contribution is 2.38. The number of fused-ring (bicyclic) bond motifs is 1. The summed E-state index contributed by atoms with van der Waals surface area (Å²) in [5.41, 5.74) is 6.92. The number of benzene rings is 2. The molecule has 2 aromatic rings. The number of phenolic OH excluding ortho intramolecular Hbond substituents is 1. The minimum atomic E-state index is -3.94. The van der Waals surface area contributed by atoms with E-state index in [1.165, 1.54) is 16.4 Å². The zero-order valence-corrected chi connectivity index (χ0v) is 17.8. The average Bonchev–Trinajstić information content (AvgIpc) is 3.15. The van der Waals surface area contributed by atoms with E-state index in [-0.39, 0.29) is 41.6 Å². The van der Waals surface area contributed by atoms with Crippen molar-refractivity contribution < 1.29 is 23.0 Å². The number of nitrogens with zero attached hydrogens (tertiary/aromatic N) is 1. The van der Waals surface area contributed by atoms with Crippen LogP contribution >= 0.6 is 0 Å². The van der Waals surface area contributed by atoms with Crippen LogP contribution in [-0.2, 0) is 16.4 Å². The number of nitrogens with two attached hydrogens (primary N) is 1. The van der Waals surface area contributed by atoms with Crippen LogP contribution in [0.4, 0.5) is 5.69 Å². The van der Waals surface area contributed by atoms with Gasteiger partial charge in [-0.3, -0.25) is 4.31 Å². The van der Waals surface area contributed by atoms with E-state index in [0.717, 1.165) is 6.42 Å². The van der Waals surface area contributed by atoms with Crippen LogP contribution in [-0.4, -0.2) is 32.9 Å². The van der Waals surface area contributed by atoms with Crippen LogP contribution in [0.1, 0.15) is 32.8 Å². The first-order valence-corrected chi connectivity index (χ1v) is 11.2. The first-order chi connectivity index (χ1) is 13.7. The average molecular weight is 421 g/mol. The van der Waals surface area contributed by atoms with Crippen molar-refractivity contribution in [3.8, 4) is 17.2 Å². The predicted octanol–water partition coefficient (Wildman–Crippen LogP) is 3.25. The number of para-hydroxylation sites is 1. The van der Waals surface area contributed by atoms with Crippen molar-refractivity contribution >= 4 is 15.7 Å². The van der Waals surface area contributed by atoms with Gasteiger partial charge in [-0.25, -0.2) is 8.42 Å². The predicted molar refractivity (Wildman–Crippen MR) is 112 cm³/mol. The second-order valence-corrected chi connectivity index (χ2v) is 9.46. The minimum Gasteiger partial charge on any atom is -0.505 e. The summed E-state index contributed by atoms with van der Waals surface area (Å²) in [5, 5.41) is 10.9. The molecule has 0 fully saturated rings. The van der Waals surface area contributed by atoms with Gasteiger partial charge in [-0.15, -0.1) is 0 Å². The van der Waals surface area contributed by atoms with Gasteiger partial charge < -0.3 is 20.3 Å². The van der Waals surface area contributed by atoms with Gasteiger partial charge in [-0.05, 0) is 42.5 Å². The summed E-state index contributed by atoms with van der Waals surface area (Å²) in [5.74, 6) is 0.890. The van der Waals surface area contributed by atoms with Crippen molar-refractivity contribution in [3.63, 3.8) is 0 Å². The molecule has 8 heteroatoms. The van der Waals surface area contributed by atoms with E-state index in [9.17, 15) is 13.5 Å². The lowest BCUT2D eigenvalue weighted by atomic mass is 10.0. The molecule has 0 unspecified atom stereocenters. The molecule has 0 bridgehead atoms. The maximum Gasteiger partial charge on any atom is 0.264 e. The zero-order chi connectivity index (χ0) is 21.2. The molecular weight excluding hydrogens is 392 g/mol. The topological polar surface area (TPSA) is 102 Å². The van der Waals surface area contributed by atoms with Crippen molar-refractivity contribution in [3.05, 3.63) is 42.0 Å². The molecular formula is C21H28N2O5S. The molecule has 0 saturated heterocycles. The molecule has 7 nitrogen and oxygen atoms in total. The molecule has 1 aliphatic heterocycles. The normalized spacial score (nSPS) is 14.2. The van der Waals surface area contributed by atoms with Crippen molar-refractivity contribution in [2.45, 2.75) is 44.6 Å². The van der Waals surface area contributed by atoms with Crippen molar-refractivity contribution in [2.75, 3.05) is 17.6 Å². The summed E-state index contributed by atoms with van der Waals surface area (Å²) in [6.07, 6.45) is 1.23. The fourth-order valence-electron chi connectivity index (χ4n) is 3.19. The fraction of sp³-hybridized carbons (Fsp3) is 0.429. The first-order valence-electron chi connectivity index (χ1n) is 9.72. The Kier molecular flexibility index (Phi) is 6.24. The number of hydrogen-bond donors (Lipinski definition) is 2. The van der Waals surface area contributed by atoms with Crippen LogP contribution in [0.15, 0.2) is 41.3 Å². The molecule has 1 aliphatic rings. The quantitative estimate of drug-likeness (QED) is 0.680. The largest absolute Gasteiger partial charge is 0.505 e. The first kappa shape index (κ1) is 21.3. The maximum atomic E-state index is 13.5. The van der Waals surface area contributed by atoms with Gasteiger partial charge >= 0.3 is 0 Å². The van der Waals surface area contributed by atoms with Gasteiger partial charge in [0.25, 0.3) is 10.0 Å².